The lowest BCUT2D eigenvalue weighted by Crippen LogP contribution is -2.49. The fourth-order valence-electron chi connectivity index (χ4n) is 4.14. The highest BCUT2D eigenvalue weighted by molar-refractivity contribution is 6.00. The van der Waals surface area contributed by atoms with Crippen LogP contribution in [-0.4, -0.2) is 30.1 Å². The highest BCUT2D eigenvalue weighted by atomic mass is 16.2. The second kappa shape index (κ2) is 10.7. The van der Waals surface area contributed by atoms with Crippen LogP contribution < -0.4 is 15.5 Å². The van der Waals surface area contributed by atoms with Gasteiger partial charge in [0.05, 0.1) is 11.6 Å². The van der Waals surface area contributed by atoms with Crippen molar-refractivity contribution in [3.05, 3.63) is 89.5 Å². The van der Waals surface area contributed by atoms with Crippen molar-refractivity contribution in [1.29, 1.82) is 5.26 Å². The molecule has 1 aliphatic rings. The molecule has 7 heteroatoms. The summed E-state index contributed by atoms with van der Waals surface area (Å²) in [5.74, 6) is 0.426. The number of amides is 4. The molecular formula is C28H29N5O2. The Morgan fingerprint density at radius 2 is 1.71 bits per heavy atom. The number of carbonyl (C=O) groups excluding carboxylic acids is 2. The predicted octanol–water partition coefficient (Wildman–Crippen LogP) is 6.16. The number of nitriles is 1. The summed E-state index contributed by atoms with van der Waals surface area (Å²) in [4.78, 5) is 29.3. The lowest BCUT2D eigenvalue weighted by atomic mass is 10.0. The standard InChI is InChI=1S/C28H29N5O2/c1-20(2)21-11-13-24(14-12-21)30-27(34)31-25-9-5-10-26(17-25)33-16-6-15-32(28(33)35)19-23-8-4-3-7-22(23)18-29/h3-5,7-14,17,20H,6,15-16,19H2,1-2H3,(H2,30,31,34). The summed E-state index contributed by atoms with van der Waals surface area (Å²) < 4.78 is 0. The summed E-state index contributed by atoms with van der Waals surface area (Å²) in [6, 6.07) is 24.1. The van der Waals surface area contributed by atoms with E-state index in [1.165, 1.54) is 5.56 Å². The Hall–Kier alpha value is -4.31. The van der Waals surface area contributed by atoms with E-state index in [1.807, 2.05) is 54.6 Å². The molecule has 1 fully saturated rings. The fraction of sp³-hybridized carbons (Fsp3) is 0.250. The van der Waals surface area contributed by atoms with Gasteiger partial charge in [0.2, 0.25) is 0 Å². The van der Waals surface area contributed by atoms with E-state index in [1.54, 1.807) is 28.0 Å². The van der Waals surface area contributed by atoms with Crippen LogP contribution >= 0.6 is 0 Å². The second-order valence-corrected chi connectivity index (χ2v) is 8.88. The van der Waals surface area contributed by atoms with E-state index < -0.39 is 0 Å². The number of rotatable bonds is 6. The van der Waals surface area contributed by atoms with Crippen molar-refractivity contribution in [2.45, 2.75) is 32.7 Å². The zero-order chi connectivity index (χ0) is 24.8. The topological polar surface area (TPSA) is 88.5 Å². The van der Waals surface area contributed by atoms with Crippen LogP contribution in [-0.2, 0) is 6.54 Å². The SMILES string of the molecule is CC(C)c1ccc(NC(=O)Nc2cccc(N3CCCN(Cc4ccccc4C#N)C3=O)c2)cc1. The average molecular weight is 468 g/mol. The number of nitrogens with zero attached hydrogens (tertiary/aromatic N) is 3. The molecule has 7 nitrogen and oxygen atoms in total. The Balaban J connectivity index is 1.42. The van der Waals surface area contributed by atoms with Gasteiger partial charge >= 0.3 is 12.1 Å². The van der Waals surface area contributed by atoms with Crippen LogP contribution in [0.1, 0.15) is 42.9 Å². The van der Waals surface area contributed by atoms with Crippen LogP contribution in [0.3, 0.4) is 0 Å². The first-order valence-electron chi connectivity index (χ1n) is 11.8. The van der Waals surface area contributed by atoms with Gasteiger partial charge in [0.25, 0.3) is 0 Å². The third-order valence-electron chi connectivity index (χ3n) is 6.06. The molecule has 4 rings (SSSR count). The van der Waals surface area contributed by atoms with E-state index >= 15 is 0 Å². The minimum absolute atomic E-state index is 0.115. The Bertz CT molecular complexity index is 1250. The predicted molar refractivity (Wildman–Crippen MR) is 139 cm³/mol. The number of nitrogens with one attached hydrogen (secondary N) is 2. The minimum Gasteiger partial charge on any atom is -0.320 e. The molecule has 0 bridgehead atoms. The molecule has 2 N–H and O–H groups in total. The summed E-state index contributed by atoms with van der Waals surface area (Å²) in [6.07, 6.45) is 0.810. The van der Waals surface area contributed by atoms with Gasteiger partial charge in [0, 0.05) is 36.7 Å². The molecule has 4 amide bonds. The first-order chi connectivity index (χ1) is 16.9. The minimum atomic E-state index is -0.348. The van der Waals surface area contributed by atoms with Crippen molar-refractivity contribution in [1.82, 2.24) is 4.90 Å². The van der Waals surface area contributed by atoms with E-state index in [0.29, 0.717) is 48.2 Å². The van der Waals surface area contributed by atoms with Crippen LogP contribution in [0.4, 0.5) is 26.7 Å². The Morgan fingerprint density at radius 3 is 2.46 bits per heavy atom. The highest BCUT2D eigenvalue weighted by Gasteiger charge is 2.27. The van der Waals surface area contributed by atoms with Gasteiger partial charge in [-0.15, -0.1) is 0 Å². The molecule has 3 aromatic carbocycles. The molecule has 0 aromatic heterocycles. The summed E-state index contributed by atoms with van der Waals surface area (Å²) in [5.41, 5.74) is 4.64. The molecule has 0 atom stereocenters. The van der Waals surface area contributed by atoms with Crippen molar-refractivity contribution in [3.8, 4) is 6.07 Å². The zero-order valence-corrected chi connectivity index (χ0v) is 20.0. The van der Waals surface area contributed by atoms with Gasteiger partial charge in [-0.1, -0.05) is 50.2 Å². The second-order valence-electron chi connectivity index (χ2n) is 8.88. The molecule has 35 heavy (non-hydrogen) atoms. The van der Waals surface area contributed by atoms with Gasteiger partial charge < -0.3 is 15.5 Å². The number of hydrogen-bond donors (Lipinski definition) is 2. The smallest absolute Gasteiger partial charge is 0.320 e. The van der Waals surface area contributed by atoms with Crippen molar-refractivity contribution in [2.75, 3.05) is 28.6 Å². The molecule has 3 aromatic rings. The lowest BCUT2D eigenvalue weighted by Gasteiger charge is -2.36. The monoisotopic (exact) mass is 467 g/mol. The van der Waals surface area contributed by atoms with Gasteiger partial charge in [-0.05, 0) is 59.9 Å². The van der Waals surface area contributed by atoms with Gasteiger partial charge in [0.1, 0.15) is 0 Å². The fourth-order valence-corrected chi connectivity index (χ4v) is 4.14. The van der Waals surface area contributed by atoms with Gasteiger partial charge in [-0.2, -0.15) is 5.26 Å². The van der Waals surface area contributed by atoms with Gasteiger partial charge in [-0.3, -0.25) is 4.90 Å². The molecule has 178 valence electrons. The lowest BCUT2D eigenvalue weighted by molar-refractivity contribution is 0.192. The van der Waals surface area contributed by atoms with Crippen molar-refractivity contribution in [2.24, 2.45) is 0 Å². The summed E-state index contributed by atoms with van der Waals surface area (Å²) >= 11 is 0. The van der Waals surface area contributed by atoms with E-state index in [2.05, 4.69) is 30.6 Å². The molecule has 0 aliphatic carbocycles. The molecule has 1 saturated heterocycles. The van der Waals surface area contributed by atoms with Crippen LogP contribution in [0.5, 0.6) is 0 Å². The van der Waals surface area contributed by atoms with Gasteiger partial charge in [0.15, 0.2) is 0 Å². The maximum atomic E-state index is 13.2. The molecular weight excluding hydrogens is 438 g/mol. The average Bonchev–Trinajstić information content (AvgIpc) is 2.86. The maximum absolute atomic E-state index is 13.2. The molecule has 1 heterocycles. The molecule has 0 radical (unpaired) electrons. The largest absolute Gasteiger partial charge is 0.324 e. The zero-order valence-electron chi connectivity index (χ0n) is 20.0. The van der Waals surface area contributed by atoms with E-state index in [4.69, 9.17) is 0 Å². The number of urea groups is 2. The Labute approximate surface area is 206 Å². The molecule has 0 unspecified atom stereocenters. The highest BCUT2D eigenvalue weighted by Crippen LogP contribution is 2.25. The van der Waals surface area contributed by atoms with Crippen LogP contribution in [0, 0.1) is 11.3 Å². The van der Waals surface area contributed by atoms with Crippen molar-refractivity contribution in [3.63, 3.8) is 0 Å². The quantitative estimate of drug-likeness (QED) is 0.455. The number of carbonyl (C=O) groups is 2. The van der Waals surface area contributed by atoms with Crippen LogP contribution in [0.2, 0.25) is 0 Å². The summed E-state index contributed by atoms with van der Waals surface area (Å²) in [6.45, 7) is 5.85. The Kier molecular flexibility index (Phi) is 7.32. The van der Waals surface area contributed by atoms with Gasteiger partial charge in [-0.25, -0.2) is 9.59 Å². The Morgan fingerprint density at radius 1 is 0.971 bits per heavy atom. The summed E-state index contributed by atoms with van der Waals surface area (Å²) in [7, 11) is 0. The number of benzene rings is 3. The molecule has 1 aliphatic heterocycles. The molecule has 0 spiro atoms. The first-order valence-corrected chi connectivity index (χ1v) is 11.8. The van der Waals surface area contributed by atoms with E-state index in [0.717, 1.165) is 12.0 Å². The van der Waals surface area contributed by atoms with Crippen LogP contribution in [0.25, 0.3) is 0 Å². The normalized spacial score (nSPS) is 13.5. The number of anilines is 3. The first kappa shape index (κ1) is 23.8. The van der Waals surface area contributed by atoms with E-state index in [9.17, 15) is 14.9 Å². The maximum Gasteiger partial charge on any atom is 0.324 e. The summed E-state index contributed by atoms with van der Waals surface area (Å²) in [5, 5.41) is 15.1. The van der Waals surface area contributed by atoms with Crippen molar-refractivity contribution < 1.29 is 9.59 Å². The van der Waals surface area contributed by atoms with Crippen molar-refractivity contribution >= 4 is 29.1 Å². The number of hydrogen-bond acceptors (Lipinski definition) is 3. The third-order valence-corrected chi connectivity index (χ3v) is 6.06. The molecule has 0 saturated carbocycles. The van der Waals surface area contributed by atoms with E-state index in [-0.39, 0.29) is 12.1 Å². The van der Waals surface area contributed by atoms with Crippen LogP contribution in [0.15, 0.2) is 72.8 Å². The third kappa shape index (κ3) is 5.79.